The zero-order valence-corrected chi connectivity index (χ0v) is 12.3. The summed E-state index contributed by atoms with van der Waals surface area (Å²) in [5, 5.41) is 15.2. The number of hydrogen-bond acceptors (Lipinski definition) is 5. The fourth-order valence-electron chi connectivity index (χ4n) is 1.92. The monoisotopic (exact) mass is 305 g/mol. The summed E-state index contributed by atoms with van der Waals surface area (Å²) in [6.07, 6.45) is 0. The van der Waals surface area contributed by atoms with Crippen molar-refractivity contribution >= 4 is 33.7 Å². The highest BCUT2D eigenvalue weighted by Crippen LogP contribution is 2.34. The lowest BCUT2D eigenvalue weighted by Gasteiger charge is -2.07. The SMILES string of the molecule is CNCc1nnc(Oc2ccc(Cl)c3ccccc23)s1. The van der Waals surface area contributed by atoms with Gasteiger partial charge in [-0.25, -0.2) is 0 Å². The van der Waals surface area contributed by atoms with Crippen LogP contribution in [0.2, 0.25) is 5.02 Å². The van der Waals surface area contributed by atoms with Gasteiger partial charge in [0.1, 0.15) is 10.8 Å². The number of nitrogens with zero attached hydrogens (tertiary/aromatic N) is 2. The van der Waals surface area contributed by atoms with Crippen LogP contribution in [-0.4, -0.2) is 17.2 Å². The summed E-state index contributed by atoms with van der Waals surface area (Å²) in [6, 6.07) is 11.5. The number of halogens is 1. The molecule has 0 radical (unpaired) electrons. The maximum atomic E-state index is 6.19. The topological polar surface area (TPSA) is 47.0 Å². The van der Waals surface area contributed by atoms with Gasteiger partial charge in [-0.15, -0.1) is 5.10 Å². The van der Waals surface area contributed by atoms with Gasteiger partial charge in [-0.05, 0) is 19.2 Å². The lowest BCUT2D eigenvalue weighted by molar-refractivity contribution is 0.478. The van der Waals surface area contributed by atoms with Crippen molar-refractivity contribution in [2.45, 2.75) is 6.54 Å². The molecule has 0 aliphatic rings. The smallest absolute Gasteiger partial charge is 0.299 e. The van der Waals surface area contributed by atoms with Gasteiger partial charge >= 0.3 is 0 Å². The van der Waals surface area contributed by atoms with E-state index >= 15 is 0 Å². The summed E-state index contributed by atoms with van der Waals surface area (Å²) >= 11 is 7.61. The van der Waals surface area contributed by atoms with Gasteiger partial charge < -0.3 is 10.1 Å². The van der Waals surface area contributed by atoms with Gasteiger partial charge in [0.25, 0.3) is 5.19 Å². The standard InChI is InChI=1S/C14H12ClN3OS/c1-16-8-13-17-18-14(20-13)19-12-7-6-11(15)9-4-2-3-5-10(9)12/h2-7,16H,8H2,1H3. The quantitative estimate of drug-likeness (QED) is 0.795. The Kier molecular flexibility index (Phi) is 3.82. The van der Waals surface area contributed by atoms with E-state index in [0.717, 1.165) is 21.5 Å². The summed E-state index contributed by atoms with van der Waals surface area (Å²) in [6.45, 7) is 0.683. The first-order valence-electron chi connectivity index (χ1n) is 6.10. The Labute approximate surface area is 125 Å². The Bertz CT molecular complexity index is 744. The van der Waals surface area contributed by atoms with Crippen LogP contribution in [0, 0.1) is 0 Å². The molecule has 2 aromatic carbocycles. The molecule has 0 amide bonds. The van der Waals surface area contributed by atoms with Gasteiger partial charge in [-0.1, -0.05) is 52.3 Å². The minimum Gasteiger partial charge on any atom is -0.429 e. The van der Waals surface area contributed by atoms with E-state index in [9.17, 15) is 0 Å². The Morgan fingerprint density at radius 3 is 2.75 bits per heavy atom. The molecule has 3 rings (SSSR count). The minimum absolute atomic E-state index is 0.530. The van der Waals surface area contributed by atoms with Crippen molar-refractivity contribution in [3.8, 4) is 10.9 Å². The predicted octanol–water partition coefficient (Wildman–Crippen LogP) is 3.86. The highest BCUT2D eigenvalue weighted by molar-refractivity contribution is 7.13. The largest absolute Gasteiger partial charge is 0.429 e. The van der Waals surface area contributed by atoms with Gasteiger partial charge in [0.15, 0.2) is 0 Å². The Hall–Kier alpha value is -1.69. The maximum absolute atomic E-state index is 6.19. The van der Waals surface area contributed by atoms with E-state index in [2.05, 4.69) is 15.5 Å². The average molecular weight is 306 g/mol. The van der Waals surface area contributed by atoms with E-state index in [4.69, 9.17) is 16.3 Å². The van der Waals surface area contributed by atoms with E-state index in [1.807, 2.05) is 43.4 Å². The van der Waals surface area contributed by atoms with Crippen molar-refractivity contribution in [1.82, 2.24) is 15.5 Å². The molecule has 1 N–H and O–H groups in total. The molecule has 0 aliphatic heterocycles. The van der Waals surface area contributed by atoms with Gasteiger partial charge in [-0.2, -0.15) is 0 Å². The van der Waals surface area contributed by atoms with Crippen molar-refractivity contribution in [3.05, 3.63) is 46.4 Å². The second-order valence-corrected chi connectivity index (χ2v) is 5.62. The van der Waals surface area contributed by atoms with Crippen LogP contribution < -0.4 is 10.1 Å². The van der Waals surface area contributed by atoms with Crippen molar-refractivity contribution in [3.63, 3.8) is 0 Å². The van der Waals surface area contributed by atoms with Crippen LogP contribution in [-0.2, 0) is 6.54 Å². The lowest BCUT2D eigenvalue weighted by Crippen LogP contribution is -2.04. The molecule has 0 saturated heterocycles. The molecule has 1 aromatic heterocycles. The molecule has 4 nitrogen and oxygen atoms in total. The van der Waals surface area contributed by atoms with Gasteiger partial charge in [0.2, 0.25) is 0 Å². The third kappa shape index (κ3) is 2.60. The zero-order chi connectivity index (χ0) is 13.9. The lowest BCUT2D eigenvalue weighted by atomic mass is 10.1. The molecule has 0 fully saturated rings. The number of aromatic nitrogens is 2. The molecule has 0 spiro atoms. The van der Waals surface area contributed by atoms with Crippen LogP contribution in [0.4, 0.5) is 0 Å². The summed E-state index contributed by atoms with van der Waals surface area (Å²) in [5.41, 5.74) is 0. The molecule has 6 heteroatoms. The molecular weight excluding hydrogens is 294 g/mol. The summed E-state index contributed by atoms with van der Waals surface area (Å²) in [7, 11) is 1.87. The fourth-order valence-corrected chi connectivity index (χ4v) is 2.86. The normalized spacial score (nSPS) is 10.9. The van der Waals surface area contributed by atoms with E-state index in [1.165, 1.54) is 11.3 Å². The summed E-state index contributed by atoms with van der Waals surface area (Å²) in [5.74, 6) is 0.733. The van der Waals surface area contributed by atoms with E-state index < -0.39 is 0 Å². The second-order valence-electron chi connectivity index (χ2n) is 4.19. The fraction of sp³-hybridized carbons (Fsp3) is 0.143. The molecule has 0 bridgehead atoms. The summed E-state index contributed by atoms with van der Waals surface area (Å²) in [4.78, 5) is 0. The van der Waals surface area contributed by atoms with E-state index in [0.29, 0.717) is 16.8 Å². The molecule has 0 atom stereocenters. The maximum Gasteiger partial charge on any atom is 0.299 e. The van der Waals surface area contributed by atoms with Crippen molar-refractivity contribution in [1.29, 1.82) is 0 Å². The number of hydrogen-bond donors (Lipinski definition) is 1. The highest BCUT2D eigenvalue weighted by Gasteiger charge is 2.09. The Morgan fingerprint density at radius 1 is 1.15 bits per heavy atom. The first-order chi connectivity index (χ1) is 9.78. The molecule has 0 saturated carbocycles. The van der Waals surface area contributed by atoms with Crippen LogP contribution >= 0.6 is 22.9 Å². The third-order valence-electron chi connectivity index (χ3n) is 2.80. The molecule has 0 unspecified atom stereocenters. The van der Waals surface area contributed by atoms with Crippen molar-refractivity contribution in [2.24, 2.45) is 0 Å². The molecule has 0 aliphatic carbocycles. The molecule has 3 aromatic rings. The van der Waals surface area contributed by atoms with Crippen LogP contribution in [0.25, 0.3) is 10.8 Å². The highest BCUT2D eigenvalue weighted by atomic mass is 35.5. The van der Waals surface area contributed by atoms with E-state index in [-0.39, 0.29) is 0 Å². The van der Waals surface area contributed by atoms with E-state index in [1.54, 1.807) is 0 Å². The molecule has 20 heavy (non-hydrogen) atoms. The predicted molar refractivity (Wildman–Crippen MR) is 81.7 cm³/mol. The first-order valence-corrected chi connectivity index (χ1v) is 7.29. The number of rotatable bonds is 4. The Balaban J connectivity index is 1.96. The number of fused-ring (bicyclic) bond motifs is 1. The number of nitrogens with one attached hydrogen (secondary N) is 1. The van der Waals surface area contributed by atoms with Crippen molar-refractivity contribution in [2.75, 3.05) is 7.05 Å². The number of benzene rings is 2. The zero-order valence-electron chi connectivity index (χ0n) is 10.8. The van der Waals surface area contributed by atoms with Gasteiger partial charge in [-0.3, -0.25) is 0 Å². The number of ether oxygens (including phenoxy) is 1. The van der Waals surface area contributed by atoms with Crippen LogP contribution in [0.5, 0.6) is 10.9 Å². The third-order valence-corrected chi connectivity index (χ3v) is 3.94. The van der Waals surface area contributed by atoms with Crippen LogP contribution in [0.15, 0.2) is 36.4 Å². The molecule has 1 heterocycles. The van der Waals surface area contributed by atoms with Crippen LogP contribution in [0.3, 0.4) is 0 Å². The Morgan fingerprint density at radius 2 is 1.95 bits per heavy atom. The minimum atomic E-state index is 0.530. The van der Waals surface area contributed by atoms with Gasteiger partial charge in [0.05, 0.1) is 0 Å². The molecular formula is C14H12ClN3OS. The first kappa shape index (κ1) is 13.3. The van der Waals surface area contributed by atoms with Crippen LogP contribution in [0.1, 0.15) is 5.01 Å². The molecule has 102 valence electrons. The summed E-state index contributed by atoms with van der Waals surface area (Å²) < 4.78 is 5.83. The second kappa shape index (κ2) is 5.75. The average Bonchev–Trinajstić information content (AvgIpc) is 2.90. The van der Waals surface area contributed by atoms with Gasteiger partial charge in [0, 0.05) is 22.3 Å². The van der Waals surface area contributed by atoms with Crippen molar-refractivity contribution < 1.29 is 4.74 Å².